The molecule has 0 spiro atoms. The fourth-order valence-corrected chi connectivity index (χ4v) is 4.77. The van der Waals surface area contributed by atoms with Crippen LogP contribution in [0.2, 0.25) is 0 Å². The molecule has 0 aliphatic heterocycles. The van der Waals surface area contributed by atoms with E-state index in [0.29, 0.717) is 41.6 Å². The minimum atomic E-state index is -0.479. The van der Waals surface area contributed by atoms with E-state index in [1.165, 1.54) is 31.8 Å². The van der Waals surface area contributed by atoms with Gasteiger partial charge in [-0.15, -0.1) is 0 Å². The number of halogens is 1. The van der Waals surface area contributed by atoms with E-state index in [4.69, 9.17) is 18.6 Å². The van der Waals surface area contributed by atoms with Crippen molar-refractivity contribution in [1.29, 1.82) is 0 Å². The Bertz CT molecular complexity index is 1240. The summed E-state index contributed by atoms with van der Waals surface area (Å²) < 4.78 is 35.2. The van der Waals surface area contributed by atoms with E-state index in [1.54, 1.807) is 24.3 Å². The third kappa shape index (κ3) is 5.84. The fraction of sp³-hybridized carbons (Fsp3) is 0.414. The van der Waals surface area contributed by atoms with Gasteiger partial charge in [0.2, 0.25) is 0 Å². The molecule has 1 aromatic heterocycles. The Hall–Kier alpha value is -3.68. The van der Waals surface area contributed by atoms with Crippen molar-refractivity contribution >= 4 is 17.3 Å². The van der Waals surface area contributed by atoms with Gasteiger partial charge in [-0.3, -0.25) is 9.18 Å². The molecule has 4 rings (SSSR count). The minimum Gasteiger partial charge on any atom is -0.494 e. The topological polar surface area (TPSA) is 82.0 Å². The van der Waals surface area contributed by atoms with E-state index in [-0.39, 0.29) is 17.1 Å². The number of furan rings is 1. The molecule has 0 unspecified atom stereocenters. The summed E-state index contributed by atoms with van der Waals surface area (Å²) in [7, 11) is 2.99. The summed E-state index contributed by atoms with van der Waals surface area (Å²) in [5, 5.41) is 5.92. The molecule has 8 heteroatoms. The Labute approximate surface area is 217 Å². The Morgan fingerprint density at radius 3 is 2.49 bits per heavy atom. The highest BCUT2D eigenvalue weighted by atomic mass is 19.1. The molecule has 1 amide bonds. The van der Waals surface area contributed by atoms with Crippen molar-refractivity contribution in [1.82, 2.24) is 0 Å². The molecule has 2 aromatic carbocycles. The zero-order valence-electron chi connectivity index (χ0n) is 22.1. The van der Waals surface area contributed by atoms with E-state index >= 15 is 0 Å². The summed E-state index contributed by atoms with van der Waals surface area (Å²) in [6.45, 7) is 6.59. The summed E-state index contributed by atoms with van der Waals surface area (Å²) >= 11 is 0. The van der Waals surface area contributed by atoms with E-state index in [1.807, 2.05) is 6.92 Å². The standard InChI is InChI=1S/C29H35FN2O5/c1-18-14-19-8-6-11-29(2,3)21(19)17-23(18)37-26-10-9-22(36-26)28(33)32-27-24(34-4)15-20(16-25(27)35-5)31-13-7-12-30/h9-10,14-17,31H,6-8,11-13H2,1-5H3,(H,32,33). The largest absolute Gasteiger partial charge is 0.494 e. The number of methoxy groups -OCH3 is 2. The second-order valence-corrected chi connectivity index (χ2v) is 9.91. The quantitative estimate of drug-likeness (QED) is 0.285. The molecule has 0 bridgehead atoms. The number of aryl methyl sites for hydroxylation is 2. The average Bonchev–Trinajstić information content (AvgIpc) is 3.34. The van der Waals surface area contributed by atoms with Crippen molar-refractivity contribution in [3.8, 4) is 23.2 Å². The van der Waals surface area contributed by atoms with Gasteiger partial charge in [-0.2, -0.15) is 0 Å². The number of amides is 1. The van der Waals surface area contributed by atoms with E-state index < -0.39 is 12.6 Å². The summed E-state index contributed by atoms with van der Waals surface area (Å²) in [5.74, 6) is 1.34. The van der Waals surface area contributed by atoms with Crippen molar-refractivity contribution < 1.29 is 27.8 Å². The lowest BCUT2D eigenvalue weighted by molar-refractivity contribution is 0.0991. The van der Waals surface area contributed by atoms with Crippen LogP contribution in [0.4, 0.5) is 15.8 Å². The maximum absolute atomic E-state index is 13.0. The Morgan fingerprint density at radius 1 is 1.08 bits per heavy atom. The third-order valence-electron chi connectivity index (χ3n) is 6.78. The van der Waals surface area contributed by atoms with Gasteiger partial charge >= 0.3 is 0 Å². The summed E-state index contributed by atoms with van der Waals surface area (Å²) in [5.41, 5.74) is 4.82. The van der Waals surface area contributed by atoms with Crippen LogP contribution in [0.15, 0.2) is 40.8 Å². The van der Waals surface area contributed by atoms with Crippen LogP contribution in [-0.4, -0.2) is 33.3 Å². The number of carbonyl (C=O) groups excluding carboxylic acids is 1. The number of fused-ring (bicyclic) bond motifs is 1. The van der Waals surface area contributed by atoms with E-state index in [2.05, 4.69) is 36.6 Å². The van der Waals surface area contributed by atoms with Crippen LogP contribution < -0.4 is 24.8 Å². The Morgan fingerprint density at radius 2 is 1.81 bits per heavy atom. The second-order valence-electron chi connectivity index (χ2n) is 9.91. The number of rotatable bonds is 10. The summed E-state index contributed by atoms with van der Waals surface area (Å²) in [4.78, 5) is 13.0. The van der Waals surface area contributed by atoms with Crippen molar-refractivity contribution in [3.63, 3.8) is 0 Å². The van der Waals surface area contributed by atoms with Crippen LogP contribution in [-0.2, 0) is 11.8 Å². The van der Waals surface area contributed by atoms with Crippen LogP contribution in [0.5, 0.6) is 23.2 Å². The molecule has 0 fully saturated rings. The number of hydrogen-bond donors (Lipinski definition) is 2. The lowest BCUT2D eigenvalue weighted by atomic mass is 9.72. The molecule has 1 aliphatic carbocycles. The zero-order chi connectivity index (χ0) is 26.6. The number of benzene rings is 2. The lowest BCUT2D eigenvalue weighted by Gasteiger charge is -2.33. The first kappa shape index (κ1) is 26.4. The maximum atomic E-state index is 13.0. The summed E-state index contributed by atoms with van der Waals surface area (Å²) in [6.07, 6.45) is 3.78. The molecule has 0 atom stereocenters. The van der Waals surface area contributed by atoms with Gasteiger partial charge in [0, 0.05) is 30.4 Å². The molecule has 7 nitrogen and oxygen atoms in total. The molecule has 37 heavy (non-hydrogen) atoms. The van der Waals surface area contributed by atoms with Crippen molar-refractivity contribution in [2.75, 3.05) is 38.1 Å². The lowest BCUT2D eigenvalue weighted by Crippen LogP contribution is -2.23. The maximum Gasteiger partial charge on any atom is 0.291 e. The van der Waals surface area contributed by atoms with Crippen LogP contribution in [0, 0.1) is 6.92 Å². The van der Waals surface area contributed by atoms with Crippen molar-refractivity contribution in [2.45, 2.75) is 51.9 Å². The number of nitrogens with one attached hydrogen (secondary N) is 2. The number of hydrogen-bond acceptors (Lipinski definition) is 6. The van der Waals surface area contributed by atoms with Crippen LogP contribution in [0.1, 0.15) is 60.4 Å². The number of alkyl halides is 1. The zero-order valence-corrected chi connectivity index (χ0v) is 22.1. The van der Waals surface area contributed by atoms with Gasteiger partial charge in [-0.25, -0.2) is 0 Å². The van der Waals surface area contributed by atoms with Gasteiger partial charge in [0.1, 0.15) is 22.9 Å². The first-order chi connectivity index (χ1) is 17.7. The molecule has 3 aromatic rings. The van der Waals surface area contributed by atoms with Crippen LogP contribution in [0.3, 0.4) is 0 Å². The van der Waals surface area contributed by atoms with E-state index in [9.17, 15) is 9.18 Å². The monoisotopic (exact) mass is 510 g/mol. The number of carbonyl (C=O) groups is 1. The van der Waals surface area contributed by atoms with Crippen molar-refractivity contribution in [2.24, 2.45) is 0 Å². The first-order valence-corrected chi connectivity index (χ1v) is 12.5. The molecule has 0 saturated carbocycles. The predicted octanol–water partition coefficient (Wildman–Crippen LogP) is 7.04. The SMILES string of the molecule is COc1cc(NCCCF)cc(OC)c1NC(=O)c1ccc(Oc2cc3c(cc2C)CCCC3(C)C)o1. The molecule has 0 saturated heterocycles. The molecule has 1 heterocycles. The average molecular weight is 511 g/mol. The Kier molecular flexibility index (Phi) is 7.95. The molecule has 2 N–H and O–H groups in total. The van der Waals surface area contributed by atoms with Crippen molar-refractivity contribution in [3.05, 3.63) is 58.8 Å². The third-order valence-corrected chi connectivity index (χ3v) is 6.78. The molecule has 1 aliphatic rings. The number of anilines is 2. The predicted molar refractivity (Wildman–Crippen MR) is 143 cm³/mol. The van der Waals surface area contributed by atoms with Gasteiger partial charge in [-0.05, 0) is 66.8 Å². The van der Waals surface area contributed by atoms with Gasteiger partial charge in [0.05, 0.1) is 20.9 Å². The van der Waals surface area contributed by atoms with Crippen LogP contribution in [0.25, 0.3) is 0 Å². The molecule has 198 valence electrons. The van der Waals surface area contributed by atoms with E-state index in [0.717, 1.165) is 18.4 Å². The Balaban J connectivity index is 1.52. The molecular formula is C29H35FN2O5. The fourth-order valence-electron chi connectivity index (χ4n) is 4.77. The molecular weight excluding hydrogens is 475 g/mol. The number of ether oxygens (including phenoxy) is 3. The molecule has 0 radical (unpaired) electrons. The summed E-state index contributed by atoms with van der Waals surface area (Å²) in [6, 6.07) is 10.9. The second kappa shape index (κ2) is 11.2. The highest BCUT2D eigenvalue weighted by Crippen LogP contribution is 2.41. The highest BCUT2D eigenvalue weighted by molar-refractivity contribution is 6.04. The van der Waals surface area contributed by atoms with Crippen LogP contribution >= 0.6 is 0 Å². The highest BCUT2D eigenvalue weighted by Gasteiger charge is 2.28. The van der Waals surface area contributed by atoms with Gasteiger partial charge < -0.3 is 29.3 Å². The van der Waals surface area contributed by atoms with Gasteiger partial charge in [0.25, 0.3) is 11.9 Å². The smallest absolute Gasteiger partial charge is 0.291 e. The van der Waals surface area contributed by atoms with Gasteiger partial charge in [0.15, 0.2) is 5.76 Å². The first-order valence-electron chi connectivity index (χ1n) is 12.5. The minimum absolute atomic E-state index is 0.0835. The van der Waals surface area contributed by atoms with Gasteiger partial charge in [-0.1, -0.05) is 19.9 Å². The normalized spacial score (nSPS) is 14.0.